The number of alkyl halides is 3. The van der Waals surface area contributed by atoms with Crippen molar-refractivity contribution >= 4 is 29.2 Å². The van der Waals surface area contributed by atoms with Crippen LogP contribution in [0.1, 0.15) is 38.8 Å². The van der Waals surface area contributed by atoms with Crippen LogP contribution in [0.25, 0.3) is 0 Å². The molecule has 1 aliphatic rings. The highest BCUT2D eigenvalue weighted by molar-refractivity contribution is 5.90. The summed E-state index contributed by atoms with van der Waals surface area (Å²) in [6, 6.07) is 5.05. The predicted octanol–water partition coefficient (Wildman–Crippen LogP) is 3.03. The van der Waals surface area contributed by atoms with Crippen molar-refractivity contribution in [3.63, 3.8) is 0 Å². The van der Waals surface area contributed by atoms with Gasteiger partial charge >= 0.3 is 24.0 Å². The molecule has 0 aromatic heterocycles. The molecule has 4 atom stereocenters. The standard InChI is InChI=1S/C33H40F3N3O16/c1-48-8-9-49-10-11-50-12-13-51-14-15-52-16-17-53-20-28-29(55-31(42)21-2-4-22(5-3-21)38(44)45)26(37-32(43)33(34,35)36)19-27(54-28)25-18-23(39(46)47)6-7-24(25)30(40)41/h2-7,18,26-29H,8-17,19-20H2,1H3,(H,37,43)(H,40,41)/t26-,27?,28-,29-/m0/s1. The Bertz CT molecular complexity index is 1580. The maximum atomic E-state index is 13.5. The number of amides is 1. The number of nitrogens with zero attached hydrogens (tertiary/aromatic N) is 2. The molecule has 1 aliphatic heterocycles. The molecule has 304 valence electrons. The van der Waals surface area contributed by atoms with Crippen LogP contribution in [0, 0.1) is 20.2 Å². The molecule has 22 heteroatoms. The van der Waals surface area contributed by atoms with E-state index in [4.69, 9.17) is 37.9 Å². The number of nitro benzene ring substituents is 2. The zero-order valence-electron chi connectivity index (χ0n) is 29.4. The number of nitro groups is 2. The van der Waals surface area contributed by atoms with E-state index in [2.05, 4.69) is 0 Å². The first-order chi connectivity index (χ1) is 26.2. The second-order valence-corrected chi connectivity index (χ2v) is 11.5. The third kappa shape index (κ3) is 14.7. The highest BCUT2D eigenvalue weighted by atomic mass is 19.4. The Morgan fingerprint density at radius 2 is 1.33 bits per heavy atom. The summed E-state index contributed by atoms with van der Waals surface area (Å²) in [5.41, 5.74) is -1.95. The Balaban J connectivity index is 1.73. The number of nitrogens with one attached hydrogen (secondary N) is 1. The summed E-state index contributed by atoms with van der Waals surface area (Å²) >= 11 is 0. The van der Waals surface area contributed by atoms with E-state index >= 15 is 0 Å². The zero-order valence-corrected chi connectivity index (χ0v) is 29.4. The third-order valence-corrected chi connectivity index (χ3v) is 7.73. The van der Waals surface area contributed by atoms with E-state index in [9.17, 15) is 52.9 Å². The van der Waals surface area contributed by atoms with Gasteiger partial charge in [0.25, 0.3) is 11.4 Å². The Hall–Kier alpha value is -4.84. The van der Waals surface area contributed by atoms with Crippen LogP contribution in [0.2, 0.25) is 0 Å². The number of carbonyl (C=O) groups is 3. The Morgan fingerprint density at radius 1 is 0.818 bits per heavy atom. The van der Waals surface area contributed by atoms with Crippen molar-refractivity contribution < 1.29 is 80.4 Å². The number of carboxylic acid groups (broad SMARTS) is 1. The number of carboxylic acids is 1. The average molecular weight is 792 g/mol. The summed E-state index contributed by atoms with van der Waals surface area (Å²) in [4.78, 5) is 58.5. The van der Waals surface area contributed by atoms with Crippen molar-refractivity contribution in [2.75, 3.05) is 79.8 Å². The van der Waals surface area contributed by atoms with Gasteiger partial charge in [-0.25, -0.2) is 9.59 Å². The summed E-state index contributed by atoms with van der Waals surface area (Å²) < 4.78 is 84.0. The van der Waals surface area contributed by atoms with Crippen molar-refractivity contribution in [3.05, 3.63) is 79.4 Å². The molecule has 2 aromatic rings. The first-order valence-electron chi connectivity index (χ1n) is 16.6. The lowest BCUT2D eigenvalue weighted by Crippen LogP contribution is -2.58. The van der Waals surface area contributed by atoms with Gasteiger partial charge in [-0.3, -0.25) is 25.0 Å². The molecule has 2 N–H and O–H groups in total. The smallest absolute Gasteiger partial charge is 0.471 e. The van der Waals surface area contributed by atoms with Gasteiger partial charge in [0.05, 0.1) is 106 Å². The highest BCUT2D eigenvalue weighted by Crippen LogP contribution is 2.37. The quantitative estimate of drug-likeness (QED) is 0.0672. The van der Waals surface area contributed by atoms with Gasteiger partial charge in [-0.05, 0) is 18.2 Å². The highest BCUT2D eigenvalue weighted by Gasteiger charge is 2.47. The number of ether oxygens (including phenoxy) is 8. The minimum Gasteiger partial charge on any atom is -0.478 e. The molecule has 1 fully saturated rings. The maximum Gasteiger partial charge on any atom is 0.471 e. The number of hydrogen-bond acceptors (Lipinski definition) is 15. The Labute approximate surface area is 311 Å². The molecule has 0 spiro atoms. The third-order valence-electron chi connectivity index (χ3n) is 7.73. The van der Waals surface area contributed by atoms with Gasteiger partial charge in [-0.2, -0.15) is 13.2 Å². The molecule has 55 heavy (non-hydrogen) atoms. The molecule has 1 heterocycles. The minimum absolute atomic E-state index is 0.00957. The lowest BCUT2D eigenvalue weighted by atomic mass is 9.89. The number of aromatic carboxylic acids is 1. The number of halogens is 3. The van der Waals surface area contributed by atoms with Gasteiger partial charge in [0.2, 0.25) is 0 Å². The predicted molar refractivity (Wildman–Crippen MR) is 179 cm³/mol. The van der Waals surface area contributed by atoms with E-state index < -0.39 is 82.5 Å². The van der Waals surface area contributed by atoms with Gasteiger partial charge in [-0.15, -0.1) is 0 Å². The van der Waals surface area contributed by atoms with E-state index in [1.165, 1.54) is 0 Å². The van der Waals surface area contributed by atoms with Crippen LogP contribution in [0.15, 0.2) is 42.5 Å². The molecule has 0 radical (unpaired) electrons. The van der Waals surface area contributed by atoms with Gasteiger partial charge in [-0.1, -0.05) is 0 Å². The summed E-state index contributed by atoms with van der Waals surface area (Å²) in [5, 5.41) is 34.1. The number of non-ortho nitro benzene ring substituents is 2. The fourth-order valence-corrected chi connectivity index (χ4v) is 5.11. The van der Waals surface area contributed by atoms with E-state index in [1.807, 2.05) is 0 Å². The van der Waals surface area contributed by atoms with Crippen LogP contribution in [-0.2, 0) is 42.7 Å². The first kappa shape index (κ1) is 44.6. The van der Waals surface area contributed by atoms with E-state index in [1.54, 1.807) is 12.4 Å². The SMILES string of the molecule is COCCOCCOCCOCCOCCOC[C@@H]1OC(c2cc([N+](=O)[O-])ccc2C(=O)O)C[C@H](NC(=O)C(F)(F)F)[C@@H]1OC(=O)c1ccc([N+](=O)[O-])cc1. The number of esters is 1. The molecule has 0 saturated carbocycles. The van der Waals surface area contributed by atoms with Crippen molar-refractivity contribution in [1.82, 2.24) is 5.32 Å². The summed E-state index contributed by atoms with van der Waals surface area (Å²) in [6.45, 7) is 2.04. The van der Waals surface area contributed by atoms with Crippen LogP contribution in [0.3, 0.4) is 0 Å². The number of hydrogen-bond donors (Lipinski definition) is 2. The minimum atomic E-state index is -5.41. The van der Waals surface area contributed by atoms with Crippen LogP contribution >= 0.6 is 0 Å². The molecule has 3 rings (SSSR count). The molecule has 2 aromatic carbocycles. The number of carbonyl (C=O) groups excluding carboxylic acids is 2. The monoisotopic (exact) mass is 791 g/mol. The largest absolute Gasteiger partial charge is 0.478 e. The second-order valence-electron chi connectivity index (χ2n) is 11.5. The zero-order chi connectivity index (χ0) is 40.4. The number of rotatable bonds is 24. The lowest BCUT2D eigenvalue weighted by Gasteiger charge is -2.42. The van der Waals surface area contributed by atoms with E-state index in [0.717, 1.165) is 42.5 Å². The van der Waals surface area contributed by atoms with Gasteiger partial charge in [0.1, 0.15) is 6.10 Å². The fraction of sp³-hybridized carbons (Fsp3) is 0.545. The van der Waals surface area contributed by atoms with Crippen LogP contribution in [0.5, 0.6) is 0 Å². The summed E-state index contributed by atoms with van der Waals surface area (Å²) in [5.74, 6) is -5.13. The van der Waals surface area contributed by atoms with E-state index in [-0.39, 0.29) is 49.8 Å². The molecule has 1 saturated heterocycles. The van der Waals surface area contributed by atoms with Gasteiger partial charge in [0, 0.05) is 43.4 Å². The molecule has 19 nitrogen and oxygen atoms in total. The molecule has 1 unspecified atom stereocenters. The second kappa shape index (κ2) is 22.5. The Morgan fingerprint density at radius 3 is 1.82 bits per heavy atom. The van der Waals surface area contributed by atoms with Gasteiger partial charge in [0.15, 0.2) is 6.10 Å². The molecular weight excluding hydrogens is 751 g/mol. The Kier molecular flexibility index (Phi) is 18.2. The van der Waals surface area contributed by atoms with Crippen LogP contribution in [0.4, 0.5) is 24.5 Å². The first-order valence-corrected chi connectivity index (χ1v) is 16.6. The molecular formula is C33H40F3N3O16. The van der Waals surface area contributed by atoms with Crippen LogP contribution < -0.4 is 5.32 Å². The normalized spacial score (nSPS) is 18.4. The lowest BCUT2D eigenvalue weighted by molar-refractivity contribution is -0.385. The summed E-state index contributed by atoms with van der Waals surface area (Å²) in [7, 11) is 1.57. The van der Waals surface area contributed by atoms with Crippen molar-refractivity contribution in [2.45, 2.75) is 37.0 Å². The summed E-state index contributed by atoms with van der Waals surface area (Å²) in [6.07, 6.45) is -10.8. The van der Waals surface area contributed by atoms with Crippen LogP contribution in [-0.4, -0.2) is 137 Å². The van der Waals surface area contributed by atoms with E-state index in [0.29, 0.717) is 33.0 Å². The van der Waals surface area contributed by atoms with Crippen molar-refractivity contribution in [1.29, 1.82) is 0 Å². The molecule has 0 bridgehead atoms. The number of methoxy groups -OCH3 is 1. The topological polar surface area (TPSA) is 244 Å². The number of benzene rings is 2. The average Bonchev–Trinajstić information content (AvgIpc) is 3.14. The van der Waals surface area contributed by atoms with Crippen molar-refractivity contribution in [3.8, 4) is 0 Å². The molecule has 0 aliphatic carbocycles. The maximum absolute atomic E-state index is 13.5. The van der Waals surface area contributed by atoms with Crippen molar-refractivity contribution in [2.24, 2.45) is 0 Å². The van der Waals surface area contributed by atoms with Gasteiger partial charge < -0.3 is 48.3 Å². The molecule has 1 amide bonds. The fourth-order valence-electron chi connectivity index (χ4n) is 5.11.